The van der Waals surface area contributed by atoms with Gasteiger partial charge in [-0.15, -0.1) is 0 Å². The summed E-state index contributed by atoms with van der Waals surface area (Å²) in [6.07, 6.45) is 4.73. The summed E-state index contributed by atoms with van der Waals surface area (Å²) < 4.78 is 24.9. The Kier molecular flexibility index (Phi) is 3.50. The van der Waals surface area contributed by atoms with Crippen LogP contribution in [-0.2, 0) is 9.84 Å². The lowest BCUT2D eigenvalue weighted by Gasteiger charge is -2.05. The van der Waals surface area contributed by atoms with Crippen molar-refractivity contribution in [2.75, 3.05) is 0 Å². The van der Waals surface area contributed by atoms with Gasteiger partial charge in [-0.3, -0.25) is 9.97 Å². The van der Waals surface area contributed by atoms with Gasteiger partial charge in [0.15, 0.2) is 0 Å². The van der Waals surface area contributed by atoms with Gasteiger partial charge in [-0.2, -0.15) is 0 Å². The van der Waals surface area contributed by atoms with E-state index in [9.17, 15) is 8.42 Å². The van der Waals surface area contributed by atoms with Crippen LogP contribution in [0, 0.1) is 0 Å². The number of pyridine rings is 2. The predicted molar refractivity (Wildman–Crippen MR) is 79.4 cm³/mol. The highest BCUT2D eigenvalue weighted by Gasteiger charge is 2.17. The zero-order valence-corrected chi connectivity index (χ0v) is 11.9. The maximum Gasteiger partial charge on any atom is 0.208 e. The van der Waals surface area contributed by atoms with Crippen LogP contribution >= 0.6 is 0 Å². The van der Waals surface area contributed by atoms with Crippen molar-refractivity contribution in [1.29, 1.82) is 0 Å². The van der Waals surface area contributed by atoms with Crippen LogP contribution in [0.25, 0.3) is 11.3 Å². The summed E-state index contributed by atoms with van der Waals surface area (Å²) in [4.78, 5) is 8.63. The van der Waals surface area contributed by atoms with Crippen LogP contribution in [0.3, 0.4) is 0 Å². The molecule has 0 fully saturated rings. The summed E-state index contributed by atoms with van der Waals surface area (Å²) in [5, 5.41) is 0. The lowest BCUT2D eigenvalue weighted by molar-refractivity contribution is 0.595. The number of sulfone groups is 1. The molecule has 0 N–H and O–H groups in total. The molecule has 0 bridgehead atoms. The Balaban J connectivity index is 1.99. The molecule has 0 atom stereocenters. The van der Waals surface area contributed by atoms with Crippen molar-refractivity contribution in [3.05, 3.63) is 73.2 Å². The van der Waals surface area contributed by atoms with E-state index < -0.39 is 9.84 Å². The van der Waals surface area contributed by atoms with Gasteiger partial charge in [0.2, 0.25) is 9.84 Å². The van der Waals surface area contributed by atoms with Crippen LogP contribution in [0.5, 0.6) is 0 Å². The molecule has 3 aromatic rings. The molecule has 0 spiro atoms. The summed E-state index contributed by atoms with van der Waals surface area (Å²) in [6.45, 7) is 0. The lowest BCUT2D eigenvalue weighted by Crippen LogP contribution is -2.02. The van der Waals surface area contributed by atoms with E-state index in [0.29, 0.717) is 5.69 Å². The SMILES string of the molecule is O=S(=O)(c1ccccc1)c1ccc(-c2ccncc2)nc1. The van der Waals surface area contributed by atoms with Crippen LogP contribution in [0.2, 0.25) is 0 Å². The first kappa shape index (κ1) is 13.5. The van der Waals surface area contributed by atoms with Crippen molar-refractivity contribution in [2.45, 2.75) is 9.79 Å². The Bertz CT molecular complexity index is 830. The van der Waals surface area contributed by atoms with Crippen LogP contribution < -0.4 is 0 Å². The van der Waals surface area contributed by atoms with E-state index in [-0.39, 0.29) is 9.79 Å². The molecule has 1 aromatic carbocycles. The largest absolute Gasteiger partial charge is 0.265 e. The van der Waals surface area contributed by atoms with Gasteiger partial charge < -0.3 is 0 Å². The lowest BCUT2D eigenvalue weighted by atomic mass is 10.2. The summed E-state index contributed by atoms with van der Waals surface area (Å²) in [5.74, 6) is 0. The summed E-state index contributed by atoms with van der Waals surface area (Å²) in [7, 11) is -3.51. The standard InChI is InChI=1S/C16H12N2O2S/c19-21(20,14-4-2-1-3-5-14)15-6-7-16(18-12-15)13-8-10-17-11-9-13/h1-12H. The fourth-order valence-electron chi connectivity index (χ4n) is 1.97. The number of aromatic nitrogens is 2. The molecule has 0 aliphatic rings. The first-order chi connectivity index (χ1) is 10.2. The molecule has 0 saturated heterocycles. The number of hydrogen-bond acceptors (Lipinski definition) is 4. The van der Waals surface area contributed by atoms with Gasteiger partial charge in [-0.1, -0.05) is 18.2 Å². The van der Waals surface area contributed by atoms with E-state index in [1.54, 1.807) is 54.9 Å². The number of rotatable bonds is 3. The van der Waals surface area contributed by atoms with Crippen molar-refractivity contribution < 1.29 is 8.42 Å². The monoisotopic (exact) mass is 296 g/mol. The fraction of sp³-hybridized carbons (Fsp3) is 0. The molecule has 2 aromatic heterocycles. The average Bonchev–Trinajstić information content (AvgIpc) is 2.57. The first-order valence-corrected chi connectivity index (χ1v) is 7.83. The fourth-order valence-corrected chi connectivity index (χ4v) is 3.19. The maximum absolute atomic E-state index is 12.4. The second kappa shape index (κ2) is 5.46. The van der Waals surface area contributed by atoms with E-state index in [0.717, 1.165) is 5.56 Å². The van der Waals surface area contributed by atoms with Gasteiger partial charge in [0.25, 0.3) is 0 Å². The number of hydrogen-bond donors (Lipinski definition) is 0. The second-order valence-electron chi connectivity index (χ2n) is 4.43. The molecule has 5 heteroatoms. The van der Waals surface area contributed by atoms with Gasteiger partial charge in [0.1, 0.15) is 0 Å². The third-order valence-corrected chi connectivity index (χ3v) is 4.83. The van der Waals surface area contributed by atoms with E-state index in [2.05, 4.69) is 9.97 Å². The molecule has 21 heavy (non-hydrogen) atoms. The topological polar surface area (TPSA) is 59.9 Å². The summed E-state index contributed by atoms with van der Waals surface area (Å²) in [6, 6.07) is 15.3. The quantitative estimate of drug-likeness (QED) is 0.745. The van der Waals surface area contributed by atoms with Crippen molar-refractivity contribution in [1.82, 2.24) is 9.97 Å². The summed E-state index contributed by atoms with van der Waals surface area (Å²) in [5.41, 5.74) is 1.61. The zero-order chi connectivity index (χ0) is 14.7. The minimum Gasteiger partial charge on any atom is -0.265 e. The first-order valence-electron chi connectivity index (χ1n) is 6.34. The molecule has 2 heterocycles. The number of nitrogens with zero attached hydrogens (tertiary/aromatic N) is 2. The third kappa shape index (κ3) is 2.68. The summed E-state index contributed by atoms with van der Waals surface area (Å²) >= 11 is 0. The highest BCUT2D eigenvalue weighted by atomic mass is 32.2. The van der Waals surface area contributed by atoms with Crippen LogP contribution in [-0.4, -0.2) is 18.4 Å². The second-order valence-corrected chi connectivity index (χ2v) is 6.38. The van der Waals surface area contributed by atoms with Crippen LogP contribution in [0.15, 0.2) is 83.0 Å². The highest BCUT2D eigenvalue weighted by Crippen LogP contribution is 2.22. The van der Waals surface area contributed by atoms with E-state index >= 15 is 0 Å². The highest BCUT2D eigenvalue weighted by molar-refractivity contribution is 7.91. The molecule has 0 aliphatic carbocycles. The molecule has 0 radical (unpaired) electrons. The molecule has 0 amide bonds. The normalized spacial score (nSPS) is 11.2. The third-order valence-electron chi connectivity index (χ3n) is 3.08. The van der Waals surface area contributed by atoms with Crippen LogP contribution in [0.1, 0.15) is 0 Å². The van der Waals surface area contributed by atoms with Gasteiger partial charge in [-0.05, 0) is 36.4 Å². The van der Waals surface area contributed by atoms with E-state index in [4.69, 9.17) is 0 Å². The molecule has 104 valence electrons. The molecular weight excluding hydrogens is 284 g/mol. The smallest absolute Gasteiger partial charge is 0.208 e. The van der Waals surface area contributed by atoms with Gasteiger partial charge >= 0.3 is 0 Å². The molecule has 0 saturated carbocycles. The number of benzene rings is 1. The average molecular weight is 296 g/mol. The molecule has 0 unspecified atom stereocenters. The Labute approximate surface area is 123 Å². The Hall–Kier alpha value is -2.53. The van der Waals surface area contributed by atoms with Crippen molar-refractivity contribution >= 4 is 9.84 Å². The zero-order valence-electron chi connectivity index (χ0n) is 11.0. The minimum absolute atomic E-state index is 0.187. The minimum atomic E-state index is -3.51. The predicted octanol–water partition coefficient (Wildman–Crippen LogP) is 2.98. The van der Waals surface area contributed by atoms with E-state index in [1.165, 1.54) is 6.20 Å². The maximum atomic E-state index is 12.4. The van der Waals surface area contributed by atoms with Gasteiger partial charge in [0.05, 0.1) is 15.5 Å². The molecular formula is C16H12N2O2S. The van der Waals surface area contributed by atoms with Gasteiger partial charge in [-0.25, -0.2) is 8.42 Å². The molecule has 3 rings (SSSR count). The Morgan fingerprint density at radius 3 is 2.10 bits per heavy atom. The molecule has 0 aliphatic heterocycles. The Morgan fingerprint density at radius 1 is 0.762 bits per heavy atom. The van der Waals surface area contributed by atoms with E-state index in [1.807, 2.05) is 12.1 Å². The van der Waals surface area contributed by atoms with Gasteiger partial charge in [0, 0.05) is 24.2 Å². The van der Waals surface area contributed by atoms with Crippen molar-refractivity contribution in [3.8, 4) is 11.3 Å². The Morgan fingerprint density at radius 2 is 1.48 bits per heavy atom. The van der Waals surface area contributed by atoms with Crippen molar-refractivity contribution in [2.24, 2.45) is 0 Å². The van der Waals surface area contributed by atoms with Crippen molar-refractivity contribution in [3.63, 3.8) is 0 Å². The van der Waals surface area contributed by atoms with Crippen LogP contribution in [0.4, 0.5) is 0 Å². The molecule has 4 nitrogen and oxygen atoms in total.